The summed E-state index contributed by atoms with van der Waals surface area (Å²) in [5, 5.41) is 6.83. The van der Waals surface area contributed by atoms with Crippen LogP contribution in [0.15, 0.2) is 0 Å². The van der Waals surface area contributed by atoms with E-state index in [9.17, 15) is 9.59 Å². The lowest BCUT2D eigenvalue weighted by Crippen LogP contribution is -2.70. The Kier molecular flexibility index (Phi) is 7.46. The Morgan fingerprint density at radius 3 is 2.57 bits per heavy atom. The van der Waals surface area contributed by atoms with Gasteiger partial charge in [0.1, 0.15) is 6.10 Å². The van der Waals surface area contributed by atoms with Crippen molar-refractivity contribution < 1.29 is 23.8 Å². The molecule has 3 aliphatic heterocycles. The van der Waals surface area contributed by atoms with Gasteiger partial charge in [-0.05, 0) is 75.7 Å². The van der Waals surface area contributed by atoms with Gasteiger partial charge in [-0.15, -0.1) is 0 Å². The van der Waals surface area contributed by atoms with E-state index in [2.05, 4.69) is 29.4 Å². The zero-order chi connectivity index (χ0) is 24.9. The van der Waals surface area contributed by atoms with Crippen LogP contribution in [0.3, 0.4) is 0 Å². The number of hydrogen-bond acceptors (Lipinski definition) is 6. The lowest BCUT2D eigenvalue weighted by atomic mass is 9.64. The molecule has 0 aromatic rings. The van der Waals surface area contributed by atoms with Crippen LogP contribution in [-0.4, -0.2) is 86.6 Å². The Hall–Kier alpha value is -1.22. The molecule has 2 aliphatic carbocycles. The first-order chi connectivity index (χ1) is 16.8. The van der Waals surface area contributed by atoms with Crippen LogP contribution in [0.25, 0.3) is 0 Å². The molecule has 198 valence electrons. The second kappa shape index (κ2) is 10.3. The van der Waals surface area contributed by atoms with Gasteiger partial charge in [0.15, 0.2) is 0 Å². The van der Waals surface area contributed by atoms with Crippen LogP contribution in [0, 0.1) is 29.6 Å². The molecule has 8 nitrogen and oxygen atoms in total. The lowest BCUT2D eigenvalue weighted by Gasteiger charge is -2.55. The minimum absolute atomic E-state index is 0.0213. The largest absolute Gasteiger partial charge is 0.379 e. The number of hydrogen-bond donors (Lipinski definition) is 2. The monoisotopic (exact) mass is 491 g/mol. The molecule has 5 rings (SSSR count). The van der Waals surface area contributed by atoms with Crippen molar-refractivity contribution in [3.8, 4) is 0 Å². The summed E-state index contributed by atoms with van der Waals surface area (Å²) in [6, 6.07) is 0.874. The zero-order valence-corrected chi connectivity index (χ0v) is 22.1. The van der Waals surface area contributed by atoms with Gasteiger partial charge in [0.25, 0.3) is 0 Å². The Labute approximate surface area is 210 Å². The van der Waals surface area contributed by atoms with E-state index in [1.165, 1.54) is 0 Å². The minimum atomic E-state index is -0.446. The number of ether oxygens (including phenoxy) is 3. The number of amides is 2. The first kappa shape index (κ1) is 25.4. The summed E-state index contributed by atoms with van der Waals surface area (Å²) in [6.45, 7) is 7.73. The summed E-state index contributed by atoms with van der Waals surface area (Å²) >= 11 is 0. The maximum atomic E-state index is 14.1. The highest BCUT2D eigenvalue weighted by molar-refractivity contribution is 5.83. The molecule has 8 heteroatoms. The molecular formula is C27H45N3O5. The van der Waals surface area contributed by atoms with Crippen LogP contribution in [0.2, 0.25) is 0 Å². The highest BCUT2D eigenvalue weighted by Crippen LogP contribution is 2.54. The third-order valence-electron chi connectivity index (χ3n) is 9.70. The molecule has 3 saturated heterocycles. The molecule has 5 aliphatic rings. The van der Waals surface area contributed by atoms with Gasteiger partial charge in [0, 0.05) is 32.8 Å². The van der Waals surface area contributed by atoms with Crippen LogP contribution in [0.5, 0.6) is 0 Å². The first-order valence-electron chi connectivity index (χ1n) is 13.9. The number of rotatable bonds is 7. The summed E-state index contributed by atoms with van der Waals surface area (Å²) in [7, 11) is 3.46. The fraction of sp³-hybridized carbons (Fsp3) is 0.926. The standard InChI is InChI=1S/C27H45N3O5/c1-14(2)13-29-26(31)15(3)35-16-6-8-20-19(12-16)17-10-11-28-23-18-7-9-21(33-4)25(34-5)22(18)27(32)30(20)24(17)23/h14-25,28H,6-13H2,1-5H3,(H,29,31)/t15-,16?,17?,18?,19?,20?,21?,22?,23?,24?,25?/m1/s1. The van der Waals surface area contributed by atoms with Crippen LogP contribution in [0.1, 0.15) is 59.3 Å². The molecule has 2 saturated carbocycles. The third-order valence-corrected chi connectivity index (χ3v) is 9.70. The van der Waals surface area contributed by atoms with E-state index in [4.69, 9.17) is 14.2 Å². The van der Waals surface area contributed by atoms with Gasteiger partial charge < -0.3 is 29.7 Å². The Bertz CT molecular complexity index is 793. The fourth-order valence-corrected chi connectivity index (χ4v) is 8.26. The average molecular weight is 492 g/mol. The topological polar surface area (TPSA) is 89.1 Å². The highest BCUT2D eigenvalue weighted by Gasteiger charge is 2.64. The van der Waals surface area contributed by atoms with Crippen molar-refractivity contribution in [3.05, 3.63) is 0 Å². The van der Waals surface area contributed by atoms with Crippen molar-refractivity contribution in [1.29, 1.82) is 0 Å². The van der Waals surface area contributed by atoms with E-state index >= 15 is 0 Å². The Balaban J connectivity index is 1.32. The molecule has 0 aromatic heterocycles. The van der Waals surface area contributed by atoms with Crippen molar-refractivity contribution in [2.75, 3.05) is 27.3 Å². The lowest BCUT2D eigenvalue weighted by molar-refractivity contribution is -0.175. The second-order valence-corrected chi connectivity index (χ2v) is 12.0. The van der Waals surface area contributed by atoms with E-state index in [-0.39, 0.29) is 48.1 Å². The Morgan fingerprint density at radius 2 is 1.86 bits per heavy atom. The fourth-order valence-electron chi connectivity index (χ4n) is 8.26. The van der Waals surface area contributed by atoms with Crippen LogP contribution in [-0.2, 0) is 23.8 Å². The van der Waals surface area contributed by atoms with Crippen LogP contribution in [0.4, 0.5) is 0 Å². The number of methoxy groups -OCH3 is 2. The van der Waals surface area contributed by atoms with Gasteiger partial charge in [-0.3, -0.25) is 9.59 Å². The maximum absolute atomic E-state index is 14.1. The van der Waals surface area contributed by atoms with Gasteiger partial charge in [0.2, 0.25) is 11.8 Å². The van der Waals surface area contributed by atoms with Crippen molar-refractivity contribution in [3.63, 3.8) is 0 Å². The summed E-state index contributed by atoms with van der Waals surface area (Å²) < 4.78 is 18.0. The quantitative estimate of drug-likeness (QED) is 0.566. The van der Waals surface area contributed by atoms with Gasteiger partial charge in [-0.25, -0.2) is 0 Å². The minimum Gasteiger partial charge on any atom is -0.379 e. The molecular weight excluding hydrogens is 446 g/mol. The smallest absolute Gasteiger partial charge is 0.248 e. The normalized spacial score (nSPS) is 43.4. The highest BCUT2D eigenvalue weighted by atomic mass is 16.5. The summed E-state index contributed by atoms with van der Waals surface area (Å²) in [6.07, 6.45) is 5.27. The number of fused-ring (bicyclic) bond motifs is 5. The number of nitrogens with zero attached hydrogens (tertiary/aromatic N) is 1. The van der Waals surface area contributed by atoms with Gasteiger partial charge in [-0.1, -0.05) is 13.8 Å². The molecule has 10 unspecified atom stereocenters. The van der Waals surface area contributed by atoms with E-state index in [1.807, 2.05) is 6.92 Å². The second-order valence-electron chi connectivity index (χ2n) is 12.0. The molecule has 5 fully saturated rings. The number of carbonyl (C=O) groups excluding carboxylic acids is 2. The van der Waals surface area contributed by atoms with Gasteiger partial charge in [0.05, 0.1) is 30.3 Å². The van der Waals surface area contributed by atoms with Crippen LogP contribution >= 0.6 is 0 Å². The van der Waals surface area contributed by atoms with Gasteiger partial charge in [-0.2, -0.15) is 0 Å². The Morgan fingerprint density at radius 1 is 1.06 bits per heavy atom. The predicted octanol–water partition coefficient (Wildman–Crippen LogP) is 1.96. The molecule has 35 heavy (non-hydrogen) atoms. The molecule has 3 heterocycles. The van der Waals surface area contributed by atoms with Crippen molar-refractivity contribution >= 4 is 11.8 Å². The summed E-state index contributed by atoms with van der Waals surface area (Å²) in [5.41, 5.74) is 0. The predicted molar refractivity (Wildman–Crippen MR) is 132 cm³/mol. The molecule has 0 bridgehead atoms. The van der Waals surface area contributed by atoms with Crippen molar-refractivity contribution in [2.24, 2.45) is 29.6 Å². The van der Waals surface area contributed by atoms with E-state index in [0.29, 0.717) is 36.3 Å². The van der Waals surface area contributed by atoms with E-state index in [0.717, 1.165) is 45.1 Å². The number of piperidine rings is 2. The van der Waals surface area contributed by atoms with Crippen molar-refractivity contribution in [2.45, 2.75) is 102 Å². The zero-order valence-electron chi connectivity index (χ0n) is 22.1. The SMILES string of the molecule is COC1CCC2C3NCCC4C5CC(O[C@H](C)C(=O)NCC(C)C)CCC5N(C(=O)C2C1OC)C43. The number of carbonyl (C=O) groups is 2. The molecule has 2 amide bonds. The third kappa shape index (κ3) is 4.42. The molecule has 2 N–H and O–H groups in total. The summed E-state index contributed by atoms with van der Waals surface area (Å²) in [5.74, 6) is 1.80. The summed E-state index contributed by atoms with van der Waals surface area (Å²) in [4.78, 5) is 28.9. The first-order valence-corrected chi connectivity index (χ1v) is 13.9. The van der Waals surface area contributed by atoms with Gasteiger partial charge >= 0.3 is 0 Å². The molecule has 11 atom stereocenters. The number of nitrogens with one attached hydrogen (secondary N) is 2. The van der Waals surface area contributed by atoms with E-state index < -0.39 is 6.10 Å². The molecule has 0 spiro atoms. The average Bonchev–Trinajstić information content (AvgIpc) is 3.19. The molecule has 0 radical (unpaired) electrons. The molecule has 0 aromatic carbocycles. The maximum Gasteiger partial charge on any atom is 0.248 e. The van der Waals surface area contributed by atoms with E-state index in [1.54, 1.807) is 14.2 Å². The van der Waals surface area contributed by atoms with Crippen molar-refractivity contribution in [1.82, 2.24) is 15.5 Å². The van der Waals surface area contributed by atoms with Crippen LogP contribution < -0.4 is 10.6 Å².